The molecule has 13 heavy (non-hydrogen) atoms. The van der Waals surface area contributed by atoms with E-state index in [2.05, 4.69) is 22.0 Å². The summed E-state index contributed by atoms with van der Waals surface area (Å²) in [4.78, 5) is 11.7. The van der Waals surface area contributed by atoms with Crippen LogP contribution in [-0.4, -0.2) is 22.3 Å². The molecule has 2 rings (SSSR count). The van der Waals surface area contributed by atoms with E-state index in [1.165, 1.54) is 0 Å². The molecule has 0 spiro atoms. The number of alkyl halides is 1. The Morgan fingerprint density at radius 3 is 2.92 bits per heavy atom. The number of rotatable bonds is 1. The Balaban J connectivity index is 2.44. The molecule has 72 valence electrons. The minimum atomic E-state index is -0.642. The van der Waals surface area contributed by atoms with E-state index >= 15 is 0 Å². The number of carbonyl (C=O) groups is 1. The molecule has 2 atom stereocenters. The maximum absolute atomic E-state index is 11.7. The molecule has 0 saturated carbocycles. The first-order chi connectivity index (χ1) is 6.00. The number of carbonyl (C=O) groups excluding carboxylic acids is 1. The third kappa shape index (κ3) is 1.21. The fourth-order valence-corrected chi connectivity index (χ4v) is 2.89. The lowest BCUT2D eigenvalue weighted by atomic mass is 9.90. The van der Waals surface area contributed by atoms with Gasteiger partial charge in [0.2, 0.25) is 0 Å². The summed E-state index contributed by atoms with van der Waals surface area (Å²) in [5, 5.41) is 0.727. The van der Waals surface area contributed by atoms with Crippen LogP contribution in [0.1, 0.15) is 26.7 Å². The van der Waals surface area contributed by atoms with Crippen LogP contribution in [-0.2, 0) is 9.53 Å². The molecule has 2 heterocycles. The van der Waals surface area contributed by atoms with Gasteiger partial charge in [0.05, 0.1) is 5.60 Å². The number of Topliss-reactive ketones (excluding diaryl/α,β-unsaturated/α-hetero) is 1. The Morgan fingerprint density at radius 2 is 2.31 bits per heavy atom. The number of ketones is 1. The van der Waals surface area contributed by atoms with Gasteiger partial charge < -0.3 is 4.74 Å². The van der Waals surface area contributed by atoms with Crippen molar-refractivity contribution < 1.29 is 9.53 Å². The van der Waals surface area contributed by atoms with Crippen LogP contribution in [0.15, 0.2) is 11.6 Å². The second-order valence-corrected chi connectivity index (χ2v) is 4.74. The maximum Gasteiger partial charge on any atom is 0.168 e. The molecule has 1 fully saturated rings. The lowest BCUT2D eigenvalue weighted by molar-refractivity contribution is -0.157. The van der Waals surface area contributed by atoms with Crippen molar-refractivity contribution in [3.8, 4) is 0 Å². The second kappa shape index (κ2) is 2.67. The smallest absolute Gasteiger partial charge is 0.168 e. The zero-order chi connectivity index (χ0) is 9.69. The van der Waals surface area contributed by atoms with Crippen LogP contribution in [0.2, 0.25) is 0 Å². The van der Waals surface area contributed by atoms with E-state index < -0.39 is 5.60 Å². The number of fused-ring (bicyclic) bond motifs is 2. The van der Waals surface area contributed by atoms with Crippen molar-refractivity contribution in [2.45, 2.75) is 37.9 Å². The van der Waals surface area contributed by atoms with Gasteiger partial charge in [-0.05, 0) is 31.9 Å². The number of ether oxygens (including phenoxy) is 1. The first-order valence-electron chi connectivity index (χ1n) is 4.52. The average molecular weight is 245 g/mol. The molecule has 0 aromatic rings. The van der Waals surface area contributed by atoms with Crippen LogP contribution in [0.25, 0.3) is 0 Å². The minimum Gasteiger partial charge on any atom is -0.353 e. The van der Waals surface area contributed by atoms with E-state index in [9.17, 15) is 4.79 Å². The molecule has 1 saturated heterocycles. The van der Waals surface area contributed by atoms with Gasteiger partial charge in [-0.25, -0.2) is 0 Å². The number of halogens is 1. The molecule has 0 amide bonds. The van der Waals surface area contributed by atoms with E-state index in [4.69, 9.17) is 4.74 Å². The Bertz CT molecular complexity index is 297. The SMILES string of the molecule is C[C@]12O[C@](C)(C=C1CBr)CCC2=O. The van der Waals surface area contributed by atoms with Gasteiger partial charge in [0.25, 0.3) is 0 Å². The van der Waals surface area contributed by atoms with Crippen LogP contribution >= 0.6 is 15.9 Å². The van der Waals surface area contributed by atoms with E-state index in [1.54, 1.807) is 0 Å². The van der Waals surface area contributed by atoms with E-state index in [0.29, 0.717) is 6.42 Å². The molecule has 0 aromatic carbocycles. The fraction of sp³-hybridized carbons (Fsp3) is 0.700. The second-order valence-electron chi connectivity index (χ2n) is 4.17. The van der Waals surface area contributed by atoms with E-state index in [0.717, 1.165) is 17.3 Å². The average Bonchev–Trinajstić information content (AvgIpc) is 2.30. The zero-order valence-electron chi connectivity index (χ0n) is 7.89. The van der Waals surface area contributed by atoms with Gasteiger partial charge in [-0.3, -0.25) is 4.79 Å². The van der Waals surface area contributed by atoms with E-state index in [1.807, 2.05) is 13.8 Å². The summed E-state index contributed by atoms with van der Waals surface area (Å²) in [6.07, 6.45) is 3.56. The van der Waals surface area contributed by atoms with Crippen molar-refractivity contribution in [2.24, 2.45) is 0 Å². The van der Waals surface area contributed by atoms with Crippen molar-refractivity contribution in [3.05, 3.63) is 11.6 Å². The molecule has 2 bridgehead atoms. The Kier molecular flexibility index (Phi) is 1.93. The molecule has 2 nitrogen and oxygen atoms in total. The van der Waals surface area contributed by atoms with E-state index in [-0.39, 0.29) is 11.4 Å². The summed E-state index contributed by atoms with van der Waals surface area (Å²) in [6, 6.07) is 0. The lowest BCUT2D eigenvalue weighted by Gasteiger charge is -2.36. The first kappa shape index (κ1) is 9.41. The lowest BCUT2D eigenvalue weighted by Crippen LogP contribution is -2.46. The van der Waals surface area contributed by atoms with Gasteiger partial charge in [-0.15, -0.1) is 0 Å². The summed E-state index contributed by atoms with van der Waals surface area (Å²) >= 11 is 3.40. The van der Waals surface area contributed by atoms with Crippen LogP contribution in [0, 0.1) is 0 Å². The third-order valence-electron chi connectivity index (χ3n) is 3.05. The van der Waals surface area contributed by atoms with Crippen LogP contribution in [0.5, 0.6) is 0 Å². The van der Waals surface area contributed by atoms with Gasteiger partial charge in [0.1, 0.15) is 5.60 Å². The Labute approximate surface area is 86.5 Å². The topological polar surface area (TPSA) is 26.3 Å². The van der Waals surface area contributed by atoms with Crippen molar-refractivity contribution in [1.82, 2.24) is 0 Å². The highest BCUT2D eigenvalue weighted by atomic mass is 79.9. The normalized spacial score (nSPS) is 43.6. The van der Waals surface area contributed by atoms with Gasteiger partial charge in [0, 0.05) is 11.8 Å². The molecule has 0 aromatic heterocycles. The summed E-state index contributed by atoms with van der Waals surface area (Å²) in [5.41, 5.74) is 0.236. The monoisotopic (exact) mass is 244 g/mol. The molecule has 2 aliphatic rings. The molecule has 0 N–H and O–H groups in total. The largest absolute Gasteiger partial charge is 0.353 e. The molecule has 0 unspecified atom stereocenters. The Morgan fingerprint density at radius 1 is 1.62 bits per heavy atom. The predicted molar refractivity (Wildman–Crippen MR) is 54.0 cm³/mol. The minimum absolute atomic E-state index is 0.203. The summed E-state index contributed by atoms with van der Waals surface area (Å²) < 4.78 is 5.82. The molecule has 0 aliphatic carbocycles. The standard InChI is InChI=1S/C10H13BrO2/c1-9-4-3-8(12)10(2,13-9)7(5-9)6-11/h5H,3-4,6H2,1-2H3/t9-,10-/m0/s1. The Hall–Kier alpha value is -0.150. The third-order valence-corrected chi connectivity index (χ3v) is 3.66. The molecule has 2 aliphatic heterocycles. The highest BCUT2D eigenvalue weighted by Crippen LogP contribution is 2.45. The predicted octanol–water partition coefficient (Wildman–Crippen LogP) is 2.22. The summed E-state index contributed by atoms with van der Waals surface area (Å²) in [5.74, 6) is 0.216. The molecule has 0 radical (unpaired) electrons. The van der Waals surface area contributed by atoms with Gasteiger partial charge in [-0.1, -0.05) is 15.9 Å². The number of hydrogen-bond acceptors (Lipinski definition) is 2. The van der Waals surface area contributed by atoms with Crippen molar-refractivity contribution in [1.29, 1.82) is 0 Å². The zero-order valence-corrected chi connectivity index (χ0v) is 9.48. The van der Waals surface area contributed by atoms with Crippen LogP contribution in [0.4, 0.5) is 0 Å². The molecule has 3 heteroatoms. The van der Waals surface area contributed by atoms with Crippen molar-refractivity contribution in [2.75, 3.05) is 5.33 Å². The van der Waals surface area contributed by atoms with Crippen molar-refractivity contribution >= 4 is 21.7 Å². The van der Waals surface area contributed by atoms with Crippen molar-refractivity contribution in [3.63, 3.8) is 0 Å². The first-order valence-corrected chi connectivity index (χ1v) is 5.64. The van der Waals surface area contributed by atoms with Crippen LogP contribution < -0.4 is 0 Å². The summed E-state index contributed by atoms with van der Waals surface area (Å²) in [6.45, 7) is 3.93. The van der Waals surface area contributed by atoms with Crippen LogP contribution in [0.3, 0.4) is 0 Å². The highest BCUT2D eigenvalue weighted by molar-refractivity contribution is 9.09. The number of hydrogen-bond donors (Lipinski definition) is 0. The van der Waals surface area contributed by atoms with Gasteiger partial charge >= 0.3 is 0 Å². The van der Waals surface area contributed by atoms with Gasteiger partial charge in [-0.2, -0.15) is 0 Å². The summed E-state index contributed by atoms with van der Waals surface area (Å²) in [7, 11) is 0. The quantitative estimate of drug-likeness (QED) is 0.523. The maximum atomic E-state index is 11.7. The molecular weight excluding hydrogens is 232 g/mol. The highest BCUT2D eigenvalue weighted by Gasteiger charge is 2.52. The fourth-order valence-electron chi connectivity index (χ4n) is 2.19. The molecular formula is C10H13BrO2. The van der Waals surface area contributed by atoms with Gasteiger partial charge in [0.15, 0.2) is 5.78 Å².